The molecule has 2 aromatic rings. The molecule has 0 unspecified atom stereocenters. The maximum Gasteiger partial charge on any atom is 0.257 e. The highest BCUT2D eigenvalue weighted by Gasteiger charge is 2.30. The first-order valence-electron chi connectivity index (χ1n) is 5.35. The molecule has 0 atom stereocenters. The minimum atomic E-state index is -3.65. The quantitative estimate of drug-likeness (QED) is 0.788. The van der Waals surface area contributed by atoms with E-state index in [1.807, 2.05) is 0 Å². The molecule has 0 aromatic heterocycles. The van der Waals surface area contributed by atoms with Gasteiger partial charge in [-0.25, -0.2) is 8.42 Å². The molecule has 0 bridgehead atoms. The van der Waals surface area contributed by atoms with Crippen LogP contribution in [0.15, 0.2) is 58.3 Å². The summed E-state index contributed by atoms with van der Waals surface area (Å²) in [5.74, 6) is -0.404. The lowest BCUT2D eigenvalue weighted by atomic mass is 10.2. The zero-order valence-electron chi connectivity index (χ0n) is 9.25. The molecule has 4 nitrogen and oxygen atoms in total. The summed E-state index contributed by atoms with van der Waals surface area (Å²) in [6, 6.07) is 12.6. The van der Waals surface area contributed by atoms with E-state index in [1.165, 1.54) is 18.2 Å². The number of amides is 1. The summed E-state index contributed by atoms with van der Waals surface area (Å²) in [6.45, 7) is 0. The number of sulfone groups is 1. The largest absolute Gasteiger partial charge is 0.321 e. The lowest BCUT2D eigenvalue weighted by molar-refractivity contribution is 0.102. The van der Waals surface area contributed by atoms with Crippen LogP contribution in [0.5, 0.6) is 0 Å². The number of nitrogens with one attached hydrogen (secondary N) is 1. The van der Waals surface area contributed by atoms with Crippen molar-refractivity contribution in [3.05, 3.63) is 54.1 Å². The van der Waals surface area contributed by atoms with Gasteiger partial charge in [0.1, 0.15) is 0 Å². The molecule has 0 aliphatic carbocycles. The van der Waals surface area contributed by atoms with Crippen molar-refractivity contribution in [1.82, 2.24) is 0 Å². The number of fused-ring (bicyclic) bond motifs is 2. The predicted molar refractivity (Wildman–Crippen MR) is 66.3 cm³/mol. The fraction of sp³-hybridized carbons (Fsp3) is 0. The van der Waals surface area contributed by atoms with Gasteiger partial charge in [0.2, 0.25) is 9.84 Å². The first-order valence-corrected chi connectivity index (χ1v) is 6.83. The summed E-state index contributed by atoms with van der Waals surface area (Å²) < 4.78 is 24.9. The number of para-hydroxylation sites is 1. The van der Waals surface area contributed by atoms with Gasteiger partial charge in [-0.05, 0) is 24.3 Å². The third-order valence-electron chi connectivity index (χ3n) is 2.85. The molecule has 5 heteroatoms. The highest BCUT2D eigenvalue weighted by atomic mass is 32.2. The molecule has 1 heterocycles. The number of carbonyl (C=O) groups is 1. The van der Waals surface area contributed by atoms with E-state index in [0.717, 1.165) is 0 Å². The lowest BCUT2D eigenvalue weighted by Crippen LogP contribution is -2.11. The molecule has 0 radical (unpaired) electrons. The molecule has 90 valence electrons. The van der Waals surface area contributed by atoms with Gasteiger partial charge in [0.25, 0.3) is 5.91 Å². The van der Waals surface area contributed by atoms with E-state index in [9.17, 15) is 13.2 Å². The van der Waals surface area contributed by atoms with Gasteiger partial charge < -0.3 is 5.32 Å². The van der Waals surface area contributed by atoms with Crippen LogP contribution in [-0.4, -0.2) is 14.3 Å². The van der Waals surface area contributed by atoms with Crippen LogP contribution >= 0.6 is 0 Å². The maximum absolute atomic E-state index is 12.5. The zero-order chi connectivity index (χ0) is 12.8. The highest BCUT2D eigenvalue weighted by molar-refractivity contribution is 7.91. The topological polar surface area (TPSA) is 63.2 Å². The van der Waals surface area contributed by atoms with Crippen molar-refractivity contribution in [2.45, 2.75) is 9.79 Å². The third-order valence-corrected chi connectivity index (χ3v) is 4.72. The van der Waals surface area contributed by atoms with Gasteiger partial charge in [0.15, 0.2) is 0 Å². The van der Waals surface area contributed by atoms with Crippen LogP contribution in [0.25, 0.3) is 0 Å². The normalized spacial score (nSPS) is 16.1. The Bertz CT molecular complexity index is 750. The first kappa shape index (κ1) is 11.0. The van der Waals surface area contributed by atoms with Crippen molar-refractivity contribution in [2.75, 3.05) is 5.32 Å². The Hall–Kier alpha value is -2.14. The van der Waals surface area contributed by atoms with Gasteiger partial charge in [0, 0.05) is 0 Å². The van der Waals surface area contributed by atoms with Crippen LogP contribution in [0, 0.1) is 0 Å². The average Bonchev–Trinajstić information content (AvgIpc) is 2.46. The molecule has 0 saturated heterocycles. The second kappa shape index (κ2) is 3.68. The number of carbonyl (C=O) groups excluding carboxylic acids is 1. The van der Waals surface area contributed by atoms with Crippen molar-refractivity contribution in [3.8, 4) is 0 Å². The summed E-state index contributed by atoms with van der Waals surface area (Å²) in [5, 5.41) is 2.62. The molecule has 1 aliphatic heterocycles. The monoisotopic (exact) mass is 259 g/mol. The summed E-state index contributed by atoms with van der Waals surface area (Å²) >= 11 is 0. The fourth-order valence-corrected chi connectivity index (χ4v) is 3.61. The van der Waals surface area contributed by atoms with Crippen molar-refractivity contribution < 1.29 is 13.2 Å². The molecular formula is C13H9NO3S. The molecule has 1 amide bonds. The second-order valence-corrected chi connectivity index (χ2v) is 5.84. The van der Waals surface area contributed by atoms with E-state index >= 15 is 0 Å². The smallest absolute Gasteiger partial charge is 0.257 e. The Morgan fingerprint density at radius 3 is 2.22 bits per heavy atom. The number of hydrogen-bond donors (Lipinski definition) is 1. The van der Waals surface area contributed by atoms with Crippen LogP contribution in [0.4, 0.5) is 5.69 Å². The predicted octanol–water partition coefficient (Wildman–Crippen LogP) is 2.09. The Morgan fingerprint density at radius 2 is 1.44 bits per heavy atom. The van der Waals surface area contributed by atoms with E-state index in [-0.39, 0.29) is 15.4 Å². The number of hydrogen-bond acceptors (Lipinski definition) is 3. The van der Waals surface area contributed by atoms with Gasteiger partial charge in [-0.2, -0.15) is 0 Å². The Labute approximate surface area is 104 Å². The summed E-state index contributed by atoms with van der Waals surface area (Å²) in [5.41, 5.74) is 0.493. The fourth-order valence-electron chi connectivity index (χ4n) is 2.00. The zero-order valence-corrected chi connectivity index (χ0v) is 10.1. The van der Waals surface area contributed by atoms with Crippen LogP contribution in [0.1, 0.15) is 10.4 Å². The molecule has 1 aliphatic rings. The van der Waals surface area contributed by atoms with Crippen molar-refractivity contribution in [2.24, 2.45) is 0 Å². The average molecular weight is 259 g/mol. The molecule has 0 fully saturated rings. The minimum Gasteiger partial charge on any atom is -0.321 e. The molecule has 0 spiro atoms. The van der Waals surface area contributed by atoms with E-state index in [2.05, 4.69) is 5.32 Å². The first-order chi connectivity index (χ1) is 8.60. The van der Waals surface area contributed by atoms with Gasteiger partial charge in [-0.15, -0.1) is 0 Å². The standard InChI is InChI=1S/C13H9NO3S/c15-13-9-5-1-3-7-11(9)18(16,17)12-8-4-2-6-10(12)14-13/h1-8H,(H,14,15). The molecular weight excluding hydrogens is 250 g/mol. The minimum absolute atomic E-state index is 0.0486. The van der Waals surface area contributed by atoms with E-state index < -0.39 is 15.7 Å². The SMILES string of the molecule is O=C1Nc2ccccc2S(=O)(=O)c2ccccc21. The van der Waals surface area contributed by atoms with Crippen LogP contribution in [0.3, 0.4) is 0 Å². The van der Waals surface area contributed by atoms with Crippen LogP contribution in [0.2, 0.25) is 0 Å². The molecule has 1 N–H and O–H groups in total. The maximum atomic E-state index is 12.5. The van der Waals surface area contributed by atoms with E-state index in [1.54, 1.807) is 30.3 Å². The van der Waals surface area contributed by atoms with Crippen LogP contribution in [-0.2, 0) is 9.84 Å². The number of benzene rings is 2. The van der Waals surface area contributed by atoms with Crippen LogP contribution < -0.4 is 5.32 Å². The Morgan fingerprint density at radius 1 is 0.833 bits per heavy atom. The van der Waals surface area contributed by atoms with Crippen molar-refractivity contribution >= 4 is 21.4 Å². The van der Waals surface area contributed by atoms with Crippen molar-refractivity contribution in [1.29, 1.82) is 0 Å². The van der Waals surface area contributed by atoms with E-state index in [4.69, 9.17) is 0 Å². The molecule has 18 heavy (non-hydrogen) atoms. The summed E-state index contributed by atoms with van der Waals surface area (Å²) in [6.07, 6.45) is 0. The third kappa shape index (κ3) is 1.44. The highest BCUT2D eigenvalue weighted by Crippen LogP contribution is 2.32. The van der Waals surface area contributed by atoms with Gasteiger partial charge in [-0.1, -0.05) is 24.3 Å². The van der Waals surface area contributed by atoms with E-state index in [0.29, 0.717) is 5.69 Å². The van der Waals surface area contributed by atoms with Gasteiger partial charge in [-0.3, -0.25) is 4.79 Å². The summed E-state index contributed by atoms with van der Waals surface area (Å²) in [4.78, 5) is 12.2. The molecule has 2 aromatic carbocycles. The van der Waals surface area contributed by atoms with Crippen molar-refractivity contribution in [3.63, 3.8) is 0 Å². The number of rotatable bonds is 0. The summed E-state index contributed by atoms with van der Waals surface area (Å²) in [7, 11) is -3.65. The van der Waals surface area contributed by atoms with Gasteiger partial charge in [0.05, 0.1) is 21.0 Å². The lowest BCUT2D eigenvalue weighted by Gasteiger charge is -2.05. The molecule has 3 rings (SSSR count). The number of anilines is 1. The Balaban J connectivity index is 2.42. The Kier molecular flexibility index (Phi) is 2.24. The second-order valence-electron chi connectivity index (χ2n) is 3.95. The van der Waals surface area contributed by atoms with Gasteiger partial charge >= 0.3 is 0 Å². The molecule has 0 saturated carbocycles.